The summed E-state index contributed by atoms with van der Waals surface area (Å²) in [6.07, 6.45) is 1.47. The van der Waals surface area contributed by atoms with E-state index in [1.54, 1.807) is 26.1 Å². The van der Waals surface area contributed by atoms with Crippen molar-refractivity contribution >= 4 is 39.1 Å². The molecule has 2 aromatic heterocycles. The van der Waals surface area contributed by atoms with Gasteiger partial charge in [0.15, 0.2) is 0 Å². The number of halogens is 1. The van der Waals surface area contributed by atoms with Crippen LogP contribution in [0.25, 0.3) is 10.2 Å². The van der Waals surface area contributed by atoms with Crippen molar-refractivity contribution in [3.63, 3.8) is 0 Å². The molecule has 0 bridgehead atoms. The van der Waals surface area contributed by atoms with Crippen molar-refractivity contribution in [3.8, 4) is 0 Å². The number of carbonyl (C=O) groups is 1. The molecule has 23 heavy (non-hydrogen) atoms. The third-order valence-electron chi connectivity index (χ3n) is 3.56. The van der Waals surface area contributed by atoms with Crippen LogP contribution in [0.3, 0.4) is 0 Å². The van der Waals surface area contributed by atoms with Gasteiger partial charge >= 0.3 is 0 Å². The Labute approximate surface area is 141 Å². The summed E-state index contributed by atoms with van der Waals surface area (Å²) in [4.78, 5) is 29.9. The van der Waals surface area contributed by atoms with Gasteiger partial charge in [0, 0.05) is 18.6 Å². The Hall–Kier alpha value is -2.18. The predicted octanol–water partition coefficient (Wildman–Crippen LogP) is 2.89. The number of nitrogens with one attached hydrogen (secondary N) is 1. The van der Waals surface area contributed by atoms with Crippen molar-refractivity contribution in [2.45, 2.75) is 13.5 Å². The maximum atomic E-state index is 12.4. The molecule has 1 N–H and O–H groups in total. The number of fused-ring (bicyclic) bond motifs is 1. The number of nitrogens with zero attached hydrogens (tertiary/aromatic N) is 2. The Morgan fingerprint density at radius 3 is 2.96 bits per heavy atom. The van der Waals surface area contributed by atoms with Crippen LogP contribution in [0.5, 0.6) is 0 Å². The summed E-state index contributed by atoms with van der Waals surface area (Å²) in [7, 11) is 1.64. The summed E-state index contributed by atoms with van der Waals surface area (Å²) in [5, 5.41) is 3.99. The highest BCUT2D eigenvalue weighted by Gasteiger charge is 2.18. The van der Waals surface area contributed by atoms with E-state index in [0.717, 1.165) is 5.56 Å². The minimum Gasteiger partial charge on any atom is -0.347 e. The molecule has 0 aliphatic heterocycles. The topological polar surface area (TPSA) is 64.0 Å². The first kappa shape index (κ1) is 15.7. The van der Waals surface area contributed by atoms with E-state index in [-0.39, 0.29) is 11.5 Å². The lowest BCUT2D eigenvalue weighted by Crippen LogP contribution is -2.22. The largest absolute Gasteiger partial charge is 0.347 e. The van der Waals surface area contributed by atoms with Crippen LogP contribution in [0.1, 0.15) is 20.8 Å². The van der Waals surface area contributed by atoms with Gasteiger partial charge in [0.05, 0.1) is 16.6 Å². The van der Waals surface area contributed by atoms with E-state index in [1.807, 2.05) is 12.1 Å². The fraction of sp³-hybridized carbons (Fsp3) is 0.188. The van der Waals surface area contributed by atoms with E-state index < -0.39 is 0 Å². The second-order valence-corrected chi connectivity index (χ2v) is 6.65. The summed E-state index contributed by atoms with van der Waals surface area (Å²) < 4.78 is 1.41. The number of aromatic nitrogens is 2. The lowest BCUT2D eigenvalue weighted by atomic mass is 10.2. The van der Waals surface area contributed by atoms with Gasteiger partial charge in [-0.05, 0) is 30.2 Å². The van der Waals surface area contributed by atoms with Gasteiger partial charge in [-0.2, -0.15) is 0 Å². The van der Waals surface area contributed by atoms with Crippen LogP contribution in [-0.2, 0) is 13.6 Å². The number of amides is 1. The highest BCUT2D eigenvalue weighted by molar-refractivity contribution is 7.20. The Kier molecular flexibility index (Phi) is 4.19. The molecule has 0 radical (unpaired) electrons. The zero-order valence-electron chi connectivity index (χ0n) is 12.6. The van der Waals surface area contributed by atoms with Crippen LogP contribution in [-0.4, -0.2) is 15.5 Å². The van der Waals surface area contributed by atoms with Gasteiger partial charge in [0.25, 0.3) is 11.5 Å². The van der Waals surface area contributed by atoms with Crippen LogP contribution in [0.2, 0.25) is 5.02 Å². The van der Waals surface area contributed by atoms with Gasteiger partial charge in [-0.15, -0.1) is 11.3 Å². The average molecular weight is 348 g/mol. The minimum absolute atomic E-state index is 0.141. The van der Waals surface area contributed by atoms with E-state index in [2.05, 4.69) is 10.3 Å². The van der Waals surface area contributed by atoms with Gasteiger partial charge in [-0.25, -0.2) is 4.98 Å². The van der Waals surface area contributed by atoms with E-state index in [4.69, 9.17) is 11.6 Å². The van der Waals surface area contributed by atoms with E-state index >= 15 is 0 Å². The molecule has 5 nitrogen and oxygen atoms in total. The summed E-state index contributed by atoms with van der Waals surface area (Å²) in [5.41, 5.74) is 1.44. The Morgan fingerprint density at radius 1 is 1.43 bits per heavy atom. The number of aryl methyl sites for hydroxylation is 2. The van der Waals surface area contributed by atoms with Crippen LogP contribution in [0.15, 0.2) is 35.4 Å². The normalized spacial score (nSPS) is 10.9. The van der Waals surface area contributed by atoms with Crippen LogP contribution >= 0.6 is 22.9 Å². The molecular weight excluding hydrogens is 334 g/mol. The molecule has 0 saturated carbocycles. The summed E-state index contributed by atoms with van der Waals surface area (Å²) in [5.74, 6) is -0.215. The predicted molar refractivity (Wildman–Crippen MR) is 92.2 cm³/mol. The molecule has 0 saturated heterocycles. The molecule has 0 atom stereocenters. The molecule has 7 heteroatoms. The minimum atomic E-state index is -0.215. The average Bonchev–Trinajstić information content (AvgIpc) is 2.86. The third kappa shape index (κ3) is 3.00. The summed E-state index contributed by atoms with van der Waals surface area (Å²) >= 11 is 7.16. The lowest BCUT2D eigenvalue weighted by molar-refractivity contribution is 0.0954. The number of benzene rings is 1. The molecule has 3 aromatic rings. The van der Waals surface area contributed by atoms with Crippen molar-refractivity contribution in [1.82, 2.24) is 14.9 Å². The van der Waals surface area contributed by atoms with Crippen LogP contribution in [0.4, 0.5) is 0 Å². The van der Waals surface area contributed by atoms with E-state index in [1.165, 1.54) is 22.2 Å². The number of carbonyl (C=O) groups excluding carboxylic acids is 1. The molecule has 0 unspecified atom stereocenters. The van der Waals surface area contributed by atoms with Crippen LogP contribution in [0, 0.1) is 6.92 Å². The molecule has 118 valence electrons. The van der Waals surface area contributed by atoms with E-state index in [0.29, 0.717) is 32.2 Å². The first-order valence-electron chi connectivity index (χ1n) is 6.94. The number of thiophene rings is 1. The van der Waals surface area contributed by atoms with Crippen molar-refractivity contribution in [1.29, 1.82) is 0 Å². The van der Waals surface area contributed by atoms with Crippen molar-refractivity contribution in [2.24, 2.45) is 7.05 Å². The second kappa shape index (κ2) is 6.14. The summed E-state index contributed by atoms with van der Waals surface area (Å²) in [6.45, 7) is 2.15. The number of rotatable bonds is 3. The molecule has 1 aromatic carbocycles. The first-order chi connectivity index (χ1) is 11.0. The molecule has 2 heterocycles. The zero-order chi connectivity index (χ0) is 16.6. The molecule has 0 aliphatic rings. The Balaban J connectivity index is 1.88. The van der Waals surface area contributed by atoms with Gasteiger partial charge < -0.3 is 9.88 Å². The molecule has 0 aliphatic carbocycles. The van der Waals surface area contributed by atoms with Gasteiger partial charge in [0.2, 0.25) is 0 Å². The van der Waals surface area contributed by atoms with Crippen LogP contribution < -0.4 is 10.9 Å². The lowest BCUT2D eigenvalue weighted by Gasteiger charge is -2.05. The summed E-state index contributed by atoms with van der Waals surface area (Å²) in [6, 6.07) is 7.31. The highest BCUT2D eigenvalue weighted by atomic mass is 35.5. The highest BCUT2D eigenvalue weighted by Crippen LogP contribution is 2.26. The molecule has 1 amide bonds. The standard InChI is InChI=1S/C16H14ClN3O2S/c1-9-12-15(19-8-20(2)16(12)22)23-13(9)14(21)18-7-10-4-3-5-11(17)6-10/h3-6,8H,7H2,1-2H3,(H,18,21). The monoisotopic (exact) mass is 347 g/mol. The van der Waals surface area contributed by atoms with Crippen molar-refractivity contribution < 1.29 is 4.79 Å². The van der Waals surface area contributed by atoms with E-state index in [9.17, 15) is 9.59 Å². The smallest absolute Gasteiger partial charge is 0.262 e. The molecular formula is C16H14ClN3O2S. The van der Waals surface area contributed by atoms with Gasteiger partial charge in [0.1, 0.15) is 4.83 Å². The van der Waals surface area contributed by atoms with Crippen molar-refractivity contribution in [2.75, 3.05) is 0 Å². The first-order valence-corrected chi connectivity index (χ1v) is 8.14. The van der Waals surface area contributed by atoms with Gasteiger partial charge in [-0.1, -0.05) is 23.7 Å². The Morgan fingerprint density at radius 2 is 2.22 bits per heavy atom. The molecule has 0 fully saturated rings. The fourth-order valence-electron chi connectivity index (χ4n) is 2.33. The van der Waals surface area contributed by atoms with Crippen molar-refractivity contribution in [3.05, 3.63) is 62.0 Å². The molecule has 0 spiro atoms. The second-order valence-electron chi connectivity index (χ2n) is 5.21. The maximum absolute atomic E-state index is 12.4. The maximum Gasteiger partial charge on any atom is 0.262 e. The molecule has 3 rings (SSSR count). The fourth-order valence-corrected chi connectivity index (χ4v) is 3.60. The SMILES string of the molecule is Cc1c(C(=O)NCc2cccc(Cl)c2)sc2ncn(C)c(=O)c12. The number of hydrogen-bond acceptors (Lipinski definition) is 4. The number of hydrogen-bond donors (Lipinski definition) is 1. The third-order valence-corrected chi connectivity index (χ3v) is 4.99. The quantitative estimate of drug-likeness (QED) is 0.792. The van der Waals surface area contributed by atoms with Gasteiger partial charge in [-0.3, -0.25) is 9.59 Å². The zero-order valence-corrected chi connectivity index (χ0v) is 14.2. The Bertz CT molecular complexity index is 962.